The Morgan fingerprint density at radius 1 is 0.595 bits per heavy atom. The van der Waals surface area contributed by atoms with Gasteiger partial charge in [-0.05, 0) is 90.9 Å². The number of hydrogen-bond acceptors (Lipinski definition) is 19. The maximum atomic E-state index is 14.6. The van der Waals surface area contributed by atoms with E-state index in [1.807, 2.05) is 6.92 Å². The van der Waals surface area contributed by atoms with E-state index < -0.39 is 61.5 Å². The number of ether oxygens (including phenoxy) is 5. The number of aromatic nitrogens is 8. The number of nitrogens with zero attached hydrogens (tertiary/aromatic N) is 8. The zero-order valence-corrected chi connectivity index (χ0v) is 52.4. The Morgan fingerprint density at radius 2 is 0.924 bits per heavy atom. The summed E-state index contributed by atoms with van der Waals surface area (Å²) in [5.41, 5.74) is 11.2. The van der Waals surface area contributed by atoms with Crippen LogP contribution in [0.4, 0.5) is 11.6 Å². The largest absolute Gasteiger partial charge is 0.464 e. The molecule has 0 saturated carbocycles. The van der Waals surface area contributed by atoms with Gasteiger partial charge in [-0.2, -0.15) is 0 Å². The van der Waals surface area contributed by atoms with E-state index in [0.29, 0.717) is 54.9 Å². The number of fused-ring (bicyclic) bond motifs is 2. The molecule has 11 N–H and O–H groups in total. The normalized spacial score (nSPS) is 13.6. The number of carbonyl (C=O) groups is 3. The lowest BCUT2D eigenvalue weighted by atomic mass is 9.87. The fraction of sp³-hybridized carbons (Fsp3) is 0.745. The number of anilines is 2. The molecule has 79 heavy (non-hydrogen) atoms. The number of hydrogen-bond donors (Lipinski definition) is 7. The topological polar surface area (TPSA) is 370 Å². The summed E-state index contributed by atoms with van der Waals surface area (Å²) in [4.78, 5) is 78.7. The number of imidazole rings is 2. The number of nitrogens with two attached hydrogens (primary N) is 2. The number of alkyl halides is 1. The predicted octanol–water partition coefficient (Wildman–Crippen LogP) is 8.92. The van der Waals surface area contributed by atoms with E-state index in [0.717, 1.165) is 25.7 Å². The molecule has 0 bridgehead atoms. The van der Waals surface area contributed by atoms with Crippen molar-refractivity contribution in [2.24, 2.45) is 16.2 Å². The number of halogens is 1. The Balaban J connectivity index is 0.000000745. The van der Waals surface area contributed by atoms with Crippen LogP contribution in [0, 0.1) is 16.2 Å². The van der Waals surface area contributed by atoms with E-state index in [4.69, 9.17) is 56.5 Å². The van der Waals surface area contributed by atoms with E-state index in [1.165, 1.54) is 19.0 Å². The van der Waals surface area contributed by atoms with Gasteiger partial charge in [-0.3, -0.25) is 23.5 Å². The number of nitrogen functional groups attached to an aromatic ring is 2. The van der Waals surface area contributed by atoms with Crippen LogP contribution in [0.15, 0.2) is 25.3 Å². The standard InChI is InChI=1S/C31H56N7O6P.C11H21ClO2.C9H14N5O4P.H3N/c1-12-28(4,5)14-16-42-26(39)30(8,9)36-45(41,37-31(10,11)27(40)43-17-15-29(6,7)13-2)21-44-22(3)18-38-20-35-23-24(32)33-19-34-25(23)38;1-6-10(2,3)7-8-14-9(13)11(4,5)12;1-6(18-5-19(15,16)17)2-14-4-13-7-8(10)11-3-12-9(7)14;/h19-20,22H,12-18,21H2,1-11H3,(H2,32,33,34)(H2,36,37,41);6-8H2,1-5H3;3-4,6H,2,5H2,1H3,(H2,10,11,12)(H2,15,16,17);1H3/t22-;;6-;/m1.1./s1. The number of esters is 3. The van der Waals surface area contributed by atoms with Crippen LogP contribution in [-0.2, 0) is 60.3 Å². The number of nitrogens with one attached hydrogen (secondary N) is 2. The van der Waals surface area contributed by atoms with Crippen LogP contribution in [0.2, 0.25) is 0 Å². The predicted molar refractivity (Wildman–Crippen MR) is 308 cm³/mol. The minimum absolute atomic E-state index is 0. The van der Waals surface area contributed by atoms with Gasteiger partial charge in [0.2, 0.25) is 7.44 Å². The second-order valence-electron chi connectivity index (χ2n) is 23.4. The fourth-order valence-electron chi connectivity index (χ4n) is 6.59. The van der Waals surface area contributed by atoms with E-state index in [-0.39, 0.29) is 59.6 Å². The Bertz CT molecular complexity index is 2600. The SMILES string of the molecule is CCC(C)(C)CCOC(=O)C(C)(C)Cl.CCC(C)(C)CCOC(=O)C(C)(C)NP(=O)(CO[C@H](C)Cn1cnc2c(N)ncnc21)NC(C)(C)C(=O)OCCC(C)(C)CC.C[C@H](Cn1cnc2c(N)ncnc21)OCP(=O)(O)O.N. The molecule has 0 radical (unpaired) electrons. The quantitative estimate of drug-likeness (QED) is 0.0115. The summed E-state index contributed by atoms with van der Waals surface area (Å²) in [6, 6.07) is 0. The first-order chi connectivity index (χ1) is 35.7. The summed E-state index contributed by atoms with van der Waals surface area (Å²) in [5.74, 6) is -0.911. The van der Waals surface area contributed by atoms with Crippen LogP contribution in [0.1, 0.15) is 156 Å². The minimum atomic E-state index is -4.16. The van der Waals surface area contributed by atoms with Crippen LogP contribution in [0.3, 0.4) is 0 Å². The van der Waals surface area contributed by atoms with Crippen molar-refractivity contribution in [2.45, 2.75) is 197 Å². The molecule has 0 aliphatic carbocycles. The van der Waals surface area contributed by atoms with E-state index in [9.17, 15) is 23.5 Å². The monoisotopic (exact) mass is 1180 g/mol. The zero-order chi connectivity index (χ0) is 59.7. The third-order valence-electron chi connectivity index (χ3n) is 13.2. The van der Waals surface area contributed by atoms with Crippen LogP contribution >= 0.6 is 26.6 Å². The maximum absolute atomic E-state index is 14.6. The Labute approximate surface area is 472 Å². The van der Waals surface area contributed by atoms with Gasteiger partial charge in [0.25, 0.3) is 0 Å². The molecule has 25 nitrogen and oxygen atoms in total. The molecule has 4 aromatic rings. The minimum Gasteiger partial charge on any atom is -0.464 e. The molecule has 4 rings (SSSR count). The highest BCUT2D eigenvalue weighted by Crippen LogP contribution is 2.43. The Hall–Kier alpha value is -4.42. The highest BCUT2D eigenvalue weighted by atomic mass is 35.5. The van der Waals surface area contributed by atoms with Gasteiger partial charge < -0.3 is 60.2 Å². The first kappa shape index (κ1) is 72.6. The Morgan fingerprint density at radius 3 is 1.24 bits per heavy atom. The van der Waals surface area contributed by atoms with Gasteiger partial charge in [-0.15, -0.1) is 11.6 Å². The molecular weight excluding hydrogens is 1080 g/mol. The Kier molecular flexibility index (Phi) is 28.1. The molecule has 452 valence electrons. The van der Waals surface area contributed by atoms with Gasteiger partial charge in [-0.25, -0.2) is 40.1 Å². The lowest BCUT2D eigenvalue weighted by Crippen LogP contribution is -2.54. The molecule has 0 aliphatic heterocycles. The van der Waals surface area contributed by atoms with Gasteiger partial charge in [-0.1, -0.05) is 81.6 Å². The average Bonchev–Trinajstić information content (AvgIpc) is 3.94. The van der Waals surface area contributed by atoms with Crippen LogP contribution < -0.4 is 27.8 Å². The molecule has 0 spiro atoms. The number of carbonyl (C=O) groups excluding carboxylic acids is 3. The maximum Gasteiger partial charge on any atom is 0.350 e. The summed E-state index contributed by atoms with van der Waals surface area (Å²) in [7, 11) is -7.96. The van der Waals surface area contributed by atoms with Crippen LogP contribution in [-0.4, -0.2) is 127 Å². The van der Waals surface area contributed by atoms with Crippen molar-refractivity contribution in [1.29, 1.82) is 0 Å². The molecule has 0 saturated heterocycles. The zero-order valence-electron chi connectivity index (χ0n) is 49.8. The third kappa shape index (κ3) is 25.5. The lowest BCUT2D eigenvalue weighted by Gasteiger charge is -2.36. The first-order valence-electron chi connectivity index (χ1n) is 26.2. The fourth-order valence-corrected chi connectivity index (χ4v) is 9.73. The van der Waals surface area contributed by atoms with Crippen molar-refractivity contribution in [3.8, 4) is 0 Å². The highest BCUT2D eigenvalue weighted by Gasteiger charge is 2.43. The molecule has 0 fully saturated rings. The molecule has 4 aromatic heterocycles. The average molecular weight is 1180 g/mol. The van der Waals surface area contributed by atoms with Gasteiger partial charge in [0, 0.05) is 0 Å². The van der Waals surface area contributed by atoms with E-state index >= 15 is 0 Å². The first-order valence-corrected chi connectivity index (χ1v) is 30.3. The second-order valence-corrected chi connectivity index (χ2v) is 28.1. The van der Waals surface area contributed by atoms with Crippen molar-refractivity contribution in [1.82, 2.24) is 55.4 Å². The van der Waals surface area contributed by atoms with E-state index in [2.05, 4.69) is 102 Å². The summed E-state index contributed by atoms with van der Waals surface area (Å²) in [6.07, 6.45) is 9.21. The summed E-state index contributed by atoms with van der Waals surface area (Å²) in [6.45, 7) is 33.8. The van der Waals surface area contributed by atoms with Crippen molar-refractivity contribution in [3.63, 3.8) is 0 Å². The molecule has 4 heterocycles. The van der Waals surface area contributed by atoms with Crippen molar-refractivity contribution in [2.75, 3.05) is 44.0 Å². The molecule has 28 heteroatoms. The molecule has 0 amide bonds. The van der Waals surface area contributed by atoms with Gasteiger partial charge >= 0.3 is 25.5 Å². The molecule has 0 aromatic carbocycles. The van der Waals surface area contributed by atoms with Crippen molar-refractivity contribution < 1.29 is 57.0 Å². The second kappa shape index (κ2) is 30.6. The summed E-state index contributed by atoms with van der Waals surface area (Å²) < 4.78 is 56.1. The van der Waals surface area contributed by atoms with E-state index in [1.54, 1.807) is 63.9 Å². The highest BCUT2D eigenvalue weighted by molar-refractivity contribution is 7.59. The van der Waals surface area contributed by atoms with Crippen LogP contribution in [0.5, 0.6) is 0 Å². The van der Waals surface area contributed by atoms with Gasteiger partial charge in [0.1, 0.15) is 52.3 Å². The third-order valence-corrected chi connectivity index (χ3v) is 16.2. The molecular formula is C51H94ClN13O12P2. The lowest BCUT2D eigenvalue weighted by molar-refractivity contribution is -0.150. The summed E-state index contributed by atoms with van der Waals surface area (Å²) >= 11 is 5.79. The van der Waals surface area contributed by atoms with Gasteiger partial charge in [0.05, 0.1) is 57.8 Å². The van der Waals surface area contributed by atoms with Crippen molar-refractivity contribution in [3.05, 3.63) is 25.3 Å². The summed E-state index contributed by atoms with van der Waals surface area (Å²) in [5, 5.41) is 5.93. The van der Waals surface area contributed by atoms with Crippen LogP contribution in [0.25, 0.3) is 22.3 Å². The molecule has 0 aliphatic rings. The molecule has 0 unspecified atom stereocenters. The van der Waals surface area contributed by atoms with Gasteiger partial charge in [0.15, 0.2) is 22.9 Å². The van der Waals surface area contributed by atoms with Crippen molar-refractivity contribution >= 4 is 78.5 Å². The number of rotatable bonds is 29. The molecule has 2 atom stereocenters. The smallest absolute Gasteiger partial charge is 0.350 e.